The van der Waals surface area contributed by atoms with Crippen molar-refractivity contribution in [1.29, 1.82) is 0 Å². The second-order valence-electron chi connectivity index (χ2n) is 5.16. The van der Waals surface area contributed by atoms with Crippen LogP contribution >= 0.6 is 11.6 Å². The van der Waals surface area contributed by atoms with Gasteiger partial charge in [-0.3, -0.25) is 0 Å². The number of imidazole rings is 1. The number of hydrogen-bond donors (Lipinski definition) is 0. The standard InChI is InChI=1S/C15H14ClFN4/c1-8(2)21-9(3)19-12-5-4-10(6-13(12)21)14-11(17)7-18-15(16)20-14/h4-8H,1-3H3. The molecule has 2 heterocycles. The van der Waals surface area contributed by atoms with Gasteiger partial charge in [-0.15, -0.1) is 0 Å². The van der Waals surface area contributed by atoms with Crippen molar-refractivity contribution in [2.24, 2.45) is 0 Å². The van der Waals surface area contributed by atoms with Gasteiger partial charge in [0, 0.05) is 11.6 Å². The number of benzene rings is 1. The summed E-state index contributed by atoms with van der Waals surface area (Å²) in [5, 5.41) is 0.0278. The zero-order valence-electron chi connectivity index (χ0n) is 11.9. The van der Waals surface area contributed by atoms with Crippen LogP contribution in [0.1, 0.15) is 25.7 Å². The molecule has 0 N–H and O–H groups in total. The lowest BCUT2D eigenvalue weighted by Crippen LogP contribution is -2.02. The highest BCUT2D eigenvalue weighted by atomic mass is 35.5. The lowest BCUT2D eigenvalue weighted by molar-refractivity contribution is 0.600. The number of aryl methyl sites for hydroxylation is 1. The topological polar surface area (TPSA) is 43.6 Å². The van der Waals surface area contributed by atoms with Crippen molar-refractivity contribution >= 4 is 22.6 Å². The number of rotatable bonds is 2. The number of halogens is 2. The van der Waals surface area contributed by atoms with Crippen LogP contribution in [0.25, 0.3) is 22.3 Å². The van der Waals surface area contributed by atoms with Gasteiger partial charge in [-0.05, 0) is 44.5 Å². The van der Waals surface area contributed by atoms with Gasteiger partial charge >= 0.3 is 0 Å². The summed E-state index contributed by atoms with van der Waals surface area (Å²) in [6.07, 6.45) is 1.08. The highest BCUT2D eigenvalue weighted by Gasteiger charge is 2.14. The number of aromatic nitrogens is 4. The van der Waals surface area contributed by atoms with Crippen LogP contribution in [-0.4, -0.2) is 19.5 Å². The van der Waals surface area contributed by atoms with E-state index in [2.05, 4.69) is 33.4 Å². The Morgan fingerprint density at radius 3 is 2.71 bits per heavy atom. The van der Waals surface area contributed by atoms with E-state index in [1.165, 1.54) is 0 Å². The predicted molar refractivity (Wildman–Crippen MR) is 80.8 cm³/mol. The molecule has 0 bridgehead atoms. The average Bonchev–Trinajstić information content (AvgIpc) is 2.76. The normalized spacial score (nSPS) is 11.5. The zero-order chi connectivity index (χ0) is 15.1. The summed E-state index contributed by atoms with van der Waals surface area (Å²) in [7, 11) is 0. The van der Waals surface area contributed by atoms with Gasteiger partial charge < -0.3 is 4.57 Å². The van der Waals surface area contributed by atoms with E-state index < -0.39 is 5.82 Å². The van der Waals surface area contributed by atoms with Crippen LogP contribution in [0.5, 0.6) is 0 Å². The Morgan fingerprint density at radius 1 is 1.24 bits per heavy atom. The quantitative estimate of drug-likeness (QED) is 0.667. The fourth-order valence-corrected chi connectivity index (χ4v) is 2.69. The van der Waals surface area contributed by atoms with Gasteiger partial charge in [0.1, 0.15) is 11.5 Å². The van der Waals surface area contributed by atoms with E-state index in [9.17, 15) is 4.39 Å². The third kappa shape index (κ3) is 2.38. The second-order valence-corrected chi connectivity index (χ2v) is 5.50. The van der Waals surface area contributed by atoms with Crippen LogP contribution in [0.4, 0.5) is 4.39 Å². The van der Waals surface area contributed by atoms with Crippen LogP contribution in [0.15, 0.2) is 24.4 Å². The fraction of sp³-hybridized carbons (Fsp3) is 0.267. The molecule has 3 aromatic rings. The molecule has 0 spiro atoms. The van der Waals surface area contributed by atoms with Crippen molar-refractivity contribution in [3.63, 3.8) is 0 Å². The average molecular weight is 305 g/mol. The third-order valence-electron chi connectivity index (χ3n) is 3.37. The van der Waals surface area contributed by atoms with Crippen LogP contribution in [0.3, 0.4) is 0 Å². The van der Waals surface area contributed by atoms with Crippen molar-refractivity contribution in [1.82, 2.24) is 19.5 Å². The lowest BCUT2D eigenvalue weighted by atomic mass is 10.1. The van der Waals surface area contributed by atoms with Crippen LogP contribution in [0.2, 0.25) is 5.28 Å². The monoisotopic (exact) mass is 304 g/mol. The van der Waals surface area contributed by atoms with Crippen molar-refractivity contribution in [2.45, 2.75) is 26.8 Å². The number of hydrogen-bond acceptors (Lipinski definition) is 3. The highest BCUT2D eigenvalue weighted by Crippen LogP contribution is 2.27. The molecule has 0 aliphatic carbocycles. The molecule has 0 amide bonds. The first-order valence-electron chi connectivity index (χ1n) is 6.64. The molecule has 0 aliphatic rings. The van der Waals surface area contributed by atoms with Gasteiger partial charge in [0.05, 0.1) is 17.2 Å². The van der Waals surface area contributed by atoms with Gasteiger partial charge in [0.25, 0.3) is 0 Å². The van der Waals surface area contributed by atoms with Crippen LogP contribution < -0.4 is 0 Å². The molecule has 4 nitrogen and oxygen atoms in total. The maximum absolute atomic E-state index is 13.9. The molecule has 0 saturated carbocycles. The summed E-state index contributed by atoms with van der Waals surface area (Å²) in [5.74, 6) is 0.435. The minimum absolute atomic E-state index is 0.0278. The predicted octanol–water partition coefficient (Wildman–Crippen LogP) is 4.18. The highest BCUT2D eigenvalue weighted by molar-refractivity contribution is 6.28. The molecule has 1 aromatic carbocycles. The molecule has 3 rings (SSSR count). The summed E-state index contributed by atoms with van der Waals surface area (Å²) in [4.78, 5) is 12.1. The lowest BCUT2D eigenvalue weighted by Gasteiger charge is -2.11. The van der Waals surface area contributed by atoms with E-state index in [0.29, 0.717) is 5.56 Å². The zero-order valence-corrected chi connectivity index (χ0v) is 12.7. The first kappa shape index (κ1) is 13.9. The number of fused-ring (bicyclic) bond motifs is 1. The molecule has 0 unspecified atom stereocenters. The Hall–Kier alpha value is -2.01. The van der Waals surface area contributed by atoms with Gasteiger partial charge in [0.15, 0.2) is 5.82 Å². The maximum Gasteiger partial charge on any atom is 0.223 e. The first-order valence-corrected chi connectivity index (χ1v) is 7.02. The molecule has 2 aromatic heterocycles. The van der Waals surface area contributed by atoms with Gasteiger partial charge in [-0.2, -0.15) is 0 Å². The molecule has 108 valence electrons. The van der Waals surface area contributed by atoms with Crippen molar-refractivity contribution in [2.75, 3.05) is 0 Å². The van der Waals surface area contributed by atoms with Crippen LogP contribution in [-0.2, 0) is 0 Å². The third-order valence-corrected chi connectivity index (χ3v) is 3.55. The Labute approximate surface area is 126 Å². The minimum Gasteiger partial charge on any atom is -0.326 e. The van der Waals surface area contributed by atoms with E-state index in [0.717, 1.165) is 23.1 Å². The van der Waals surface area contributed by atoms with Gasteiger partial charge in [-0.25, -0.2) is 19.3 Å². The largest absolute Gasteiger partial charge is 0.326 e. The molecule has 6 heteroatoms. The van der Waals surface area contributed by atoms with Crippen LogP contribution in [0, 0.1) is 12.7 Å². The minimum atomic E-state index is -0.494. The molecular formula is C15H14ClFN4. The Balaban J connectivity index is 2.25. The second kappa shape index (κ2) is 5.07. The maximum atomic E-state index is 13.9. The summed E-state index contributed by atoms with van der Waals surface area (Å²) >= 11 is 5.76. The molecular weight excluding hydrogens is 291 g/mol. The van der Waals surface area contributed by atoms with E-state index in [-0.39, 0.29) is 17.0 Å². The van der Waals surface area contributed by atoms with Gasteiger partial charge in [-0.1, -0.05) is 6.07 Å². The first-order chi connectivity index (χ1) is 9.97. The summed E-state index contributed by atoms with van der Waals surface area (Å²) < 4.78 is 16.0. The van der Waals surface area contributed by atoms with E-state index in [4.69, 9.17) is 11.6 Å². The van der Waals surface area contributed by atoms with E-state index >= 15 is 0 Å². The van der Waals surface area contributed by atoms with Crippen molar-refractivity contribution in [3.8, 4) is 11.3 Å². The van der Waals surface area contributed by atoms with Crippen molar-refractivity contribution in [3.05, 3.63) is 41.3 Å². The Morgan fingerprint density at radius 2 is 2.00 bits per heavy atom. The van der Waals surface area contributed by atoms with Gasteiger partial charge in [0.2, 0.25) is 5.28 Å². The summed E-state index contributed by atoms with van der Waals surface area (Å²) in [6.45, 7) is 6.13. The summed E-state index contributed by atoms with van der Waals surface area (Å²) in [6, 6.07) is 5.81. The summed E-state index contributed by atoms with van der Waals surface area (Å²) in [5.41, 5.74) is 2.69. The fourth-order valence-electron chi connectivity index (χ4n) is 2.56. The molecule has 0 radical (unpaired) electrons. The van der Waals surface area contributed by atoms with Crippen molar-refractivity contribution < 1.29 is 4.39 Å². The molecule has 21 heavy (non-hydrogen) atoms. The Bertz CT molecular complexity index is 826. The van der Waals surface area contributed by atoms with E-state index in [1.807, 2.05) is 19.1 Å². The van der Waals surface area contributed by atoms with E-state index in [1.54, 1.807) is 6.07 Å². The SMILES string of the molecule is Cc1nc2ccc(-c3nc(Cl)ncc3F)cc2n1C(C)C. The number of nitrogens with zero attached hydrogens (tertiary/aromatic N) is 4. The molecule has 0 atom stereocenters. The Kier molecular flexibility index (Phi) is 3.37. The molecule has 0 aliphatic heterocycles. The smallest absolute Gasteiger partial charge is 0.223 e. The molecule has 0 fully saturated rings. The molecule has 0 saturated heterocycles.